The molecule has 140 valence electrons. The molecule has 0 heterocycles. The van der Waals surface area contributed by atoms with E-state index in [1.165, 1.54) is 12.1 Å². The summed E-state index contributed by atoms with van der Waals surface area (Å²) in [5, 5.41) is 60.6. The number of carboxylic acids is 2. The lowest BCUT2D eigenvalue weighted by molar-refractivity contribution is -0.136. The first-order chi connectivity index (χ1) is 11.6. The number of aliphatic hydroxyl groups is 5. The molecule has 0 aliphatic rings. The van der Waals surface area contributed by atoms with Crippen LogP contribution in [0.15, 0.2) is 18.2 Å². The summed E-state index contributed by atoms with van der Waals surface area (Å²) in [7, 11) is 0. The minimum absolute atomic E-state index is 0.0255. The number of hydrogen-bond acceptors (Lipinski definition) is 9. The van der Waals surface area contributed by atoms with Gasteiger partial charge < -0.3 is 46.3 Å². The standard InChI is InChI=1S/C8H7NO4.C6H12O6/c9-6-3-4(7(10)11)1-2-5(6)8(12)13;7-1-3(9)5(11)6(12)4(10)2-8/h1-3H,9H2,(H,10,11)(H,12,13);1,3-6,8-12H,2H2. The predicted octanol–water partition coefficient (Wildman–Crippen LogP) is -2.71. The highest BCUT2D eigenvalue weighted by Crippen LogP contribution is 2.14. The van der Waals surface area contributed by atoms with Gasteiger partial charge in [-0.3, -0.25) is 0 Å². The van der Waals surface area contributed by atoms with E-state index in [9.17, 15) is 14.4 Å². The molecule has 0 spiro atoms. The van der Waals surface area contributed by atoms with Crippen LogP contribution in [0, 0.1) is 0 Å². The average molecular weight is 361 g/mol. The number of rotatable bonds is 7. The van der Waals surface area contributed by atoms with Crippen LogP contribution in [0.5, 0.6) is 0 Å². The second-order valence-electron chi connectivity index (χ2n) is 4.77. The third-order valence-corrected chi connectivity index (χ3v) is 2.95. The van der Waals surface area contributed by atoms with Crippen molar-refractivity contribution in [2.24, 2.45) is 0 Å². The highest BCUT2D eigenvalue weighted by Gasteiger charge is 2.29. The number of carboxylic acid groups (broad SMARTS) is 2. The zero-order valence-corrected chi connectivity index (χ0v) is 12.8. The van der Waals surface area contributed by atoms with E-state index in [0.29, 0.717) is 0 Å². The highest BCUT2D eigenvalue weighted by atomic mass is 16.4. The van der Waals surface area contributed by atoms with E-state index in [1.54, 1.807) is 0 Å². The predicted molar refractivity (Wildman–Crippen MR) is 81.9 cm³/mol. The number of aldehydes is 1. The maximum atomic E-state index is 10.5. The van der Waals surface area contributed by atoms with Gasteiger partial charge in [-0.25, -0.2) is 9.59 Å². The fourth-order valence-electron chi connectivity index (χ4n) is 1.51. The molecule has 1 aromatic carbocycles. The van der Waals surface area contributed by atoms with E-state index in [1.807, 2.05) is 0 Å². The second-order valence-corrected chi connectivity index (χ2v) is 4.77. The summed E-state index contributed by atoms with van der Waals surface area (Å²) in [6.45, 7) is -0.760. The highest BCUT2D eigenvalue weighted by molar-refractivity contribution is 5.96. The number of nitrogen functional groups attached to an aromatic ring is 1. The molecule has 1 rings (SSSR count). The minimum atomic E-state index is -1.79. The lowest BCUT2D eigenvalue weighted by Gasteiger charge is -2.22. The molecule has 0 saturated carbocycles. The molecular weight excluding hydrogens is 342 g/mol. The topological polar surface area (TPSA) is 219 Å². The lowest BCUT2D eigenvalue weighted by Crippen LogP contribution is -2.46. The Kier molecular flexibility index (Phi) is 9.27. The third-order valence-electron chi connectivity index (χ3n) is 2.95. The third kappa shape index (κ3) is 6.82. The van der Waals surface area contributed by atoms with Crippen molar-refractivity contribution in [2.75, 3.05) is 12.3 Å². The Labute approximate surface area is 141 Å². The Bertz CT molecular complexity index is 605. The van der Waals surface area contributed by atoms with Crippen LogP contribution >= 0.6 is 0 Å². The van der Waals surface area contributed by atoms with E-state index in [4.69, 9.17) is 41.5 Å². The van der Waals surface area contributed by atoms with Gasteiger partial charge in [0.15, 0.2) is 6.29 Å². The maximum Gasteiger partial charge on any atom is 0.337 e. The van der Waals surface area contributed by atoms with Crippen molar-refractivity contribution in [1.82, 2.24) is 0 Å². The first-order valence-electron chi connectivity index (χ1n) is 6.71. The second kappa shape index (κ2) is 10.3. The van der Waals surface area contributed by atoms with Gasteiger partial charge in [0, 0.05) is 5.69 Å². The SMILES string of the molecule is Nc1cc(C(=O)O)ccc1C(=O)O.O=CC(O)C(O)C(O)C(O)CO. The van der Waals surface area contributed by atoms with Gasteiger partial charge in [-0.15, -0.1) is 0 Å². The molecule has 0 radical (unpaired) electrons. The molecule has 0 bridgehead atoms. The first-order valence-corrected chi connectivity index (χ1v) is 6.71. The summed E-state index contributed by atoms with van der Waals surface area (Å²) >= 11 is 0. The van der Waals surface area contributed by atoms with Crippen molar-refractivity contribution >= 4 is 23.9 Å². The zero-order chi connectivity index (χ0) is 19.7. The van der Waals surface area contributed by atoms with Crippen LogP contribution < -0.4 is 5.73 Å². The summed E-state index contributed by atoms with van der Waals surface area (Å²) in [5.41, 5.74) is 5.15. The van der Waals surface area contributed by atoms with Gasteiger partial charge in [0.2, 0.25) is 0 Å². The fraction of sp³-hybridized carbons (Fsp3) is 0.357. The number of aliphatic hydroxyl groups excluding tert-OH is 5. The van der Waals surface area contributed by atoms with Crippen LogP contribution in [-0.2, 0) is 4.79 Å². The smallest absolute Gasteiger partial charge is 0.337 e. The summed E-state index contributed by atoms with van der Waals surface area (Å²) < 4.78 is 0. The van der Waals surface area contributed by atoms with Gasteiger partial charge >= 0.3 is 11.9 Å². The van der Waals surface area contributed by atoms with Gasteiger partial charge in [0.25, 0.3) is 0 Å². The number of carbonyl (C=O) groups is 3. The van der Waals surface area contributed by atoms with Crippen LogP contribution in [0.4, 0.5) is 5.69 Å². The van der Waals surface area contributed by atoms with Crippen molar-refractivity contribution in [1.29, 1.82) is 0 Å². The summed E-state index contributed by atoms with van der Waals surface area (Å²) in [6, 6.07) is 3.48. The molecule has 0 amide bonds. The summed E-state index contributed by atoms with van der Waals surface area (Å²) in [5.74, 6) is -2.31. The Morgan fingerprint density at radius 2 is 1.60 bits per heavy atom. The van der Waals surface area contributed by atoms with Crippen molar-refractivity contribution in [2.45, 2.75) is 24.4 Å². The van der Waals surface area contributed by atoms with Crippen molar-refractivity contribution < 1.29 is 50.1 Å². The Morgan fingerprint density at radius 3 is 1.96 bits per heavy atom. The van der Waals surface area contributed by atoms with Gasteiger partial charge in [-0.2, -0.15) is 0 Å². The van der Waals surface area contributed by atoms with E-state index >= 15 is 0 Å². The average Bonchev–Trinajstić information content (AvgIpc) is 2.58. The Balaban J connectivity index is 0.000000463. The normalized spacial score (nSPS) is 15.1. The molecule has 11 nitrogen and oxygen atoms in total. The van der Waals surface area contributed by atoms with Gasteiger partial charge in [0.1, 0.15) is 24.4 Å². The van der Waals surface area contributed by atoms with Crippen LogP contribution in [0.3, 0.4) is 0 Å². The molecule has 0 fully saturated rings. The first kappa shape index (κ1) is 22.4. The van der Waals surface area contributed by atoms with E-state index in [0.717, 1.165) is 6.07 Å². The van der Waals surface area contributed by atoms with Gasteiger partial charge in [-0.1, -0.05) is 0 Å². The molecule has 0 saturated heterocycles. The monoisotopic (exact) mass is 361 g/mol. The van der Waals surface area contributed by atoms with Crippen molar-refractivity contribution in [3.05, 3.63) is 29.3 Å². The maximum absolute atomic E-state index is 10.5. The zero-order valence-electron chi connectivity index (χ0n) is 12.8. The van der Waals surface area contributed by atoms with Crippen LogP contribution in [-0.4, -0.2) is 85.0 Å². The molecular formula is C14H19NO10. The van der Waals surface area contributed by atoms with E-state index in [2.05, 4.69) is 0 Å². The molecule has 0 aliphatic heterocycles. The number of nitrogens with two attached hydrogens (primary N) is 1. The van der Waals surface area contributed by atoms with Crippen molar-refractivity contribution in [3.63, 3.8) is 0 Å². The number of carbonyl (C=O) groups excluding carboxylic acids is 1. The Morgan fingerprint density at radius 1 is 1.04 bits per heavy atom. The largest absolute Gasteiger partial charge is 0.478 e. The molecule has 9 N–H and O–H groups in total. The van der Waals surface area contributed by atoms with Gasteiger partial charge in [-0.05, 0) is 18.2 Å². The fourth-order valence-corrected chi connectivity index (χ4v) is 1.51. The minimum Gasteiger partial charge on any atom is -0.478 e. The number of hydrogen-bond donors (Lipinski definition) is 8. The number of aromatic carboxylic acids is 2. The summed E-state index contributed by atoms with van der Waals surface area (Å²) in [4.78, 5) is 30.8. The van der Waals surface area contributed by atoms with Crippen LogP contribution in [0.1, 0.15) is 20.7 Å². The molecule has 0 aliphatic carbocycles. The molecule has 11 heteroatoms. The molecule has 4 unspecified atom stereocenters. The van der Waals surface area contributed by atoms with E-state index < -0.39 is 43.0 Å². The molecule has 0 aromatic heterocycles. The quantitative estimate of drug-likeness (QED) is 0.184. The molecule has 4 atom stereocenters. The number of anilines is 1. The van der Waals surface area contributed by atoms with Crippen LogP contribution in [0.2, 0.25) is 0 Å². The summed E-state index contributed by atoms with van der Waals surface area (Å²) in [6.07, 6.45) is -6.84. The lowest BCUT2D eigenvalue weighted by atomic mass is 10.0. The molecule has 1 aromatic rings. The van der Waals surface area contributed by atoms with Gasteiger partial charge in [0.05, 0.1) is 17.7 Å². The Hall–Kier alpha value is -2.57. The molecule has 25 heavy (non-hydrogen) atoms. The van der Waals surface area contributed by atoms with Crippen molar-refractivity contribution in [3.8, 4) is 0 Å². The van der Waals surface area contributed by atoms with Crippen LogP contribution in [0.25, 0.3) is 0 Å². The number of benzene rings is 1. The van der Waals surface area contributed by atoms with E-state index in [-0.39, 0.29) is 23.1 Å².